The van der Waals surface area contributed by atoms with Gasteiger partial charge in [-0.15, -0.1) is 10.2 Å². The number of benzene rings is 1. The average molecular weight is 462 g/mol. The predicted molar refractivity (Wildman–Crippen MR) is 114 cm³/mol. The topological polar surface area (TPSA) is 140 Å². The summed E-state index contributed by atoms with van der Waals surface area (Å²) in [5, 5.41) is 10.9. The van der Waals surface area contributed by atoms with Crippen LogP contribution < -0.4 is 10.0 Å². The number of rotatable bonds is 8. The van der Waals surface area contributed by atoms with E-state index in [9.17, 15) is 18.0 Å². The standard InChI is InChI=1S/C19H19N5O5S2/c1-3-16(29-18(26)13-5-4-10-20-11-13)17(25)21-14-6-8-15(9-7-14)31(27,28)24-19-23-22-12(2)30-19/h4-11,16H,3H2,1-2H3,(H,21,25)(H,23,24). The molecular formula is C19H19N5O5S2. The lowest BCUT2D eigenvalue weighted by atomic mass is 10.2. The van der Waals surface area contributed by atoms with Crippen LogP contribution in [0.5, 0.6) is 0 Å². The van der Waals surface area contributed by atoms with E-state index in [0.717, 1.165) is 11.3 Å². The van der Waals surface area contributed by atoms with Gasteiger partial charge in [0, 0.05) is 18.1 Å². The number of amides is 1. The van der Waals surface area contributed by atoms with Crippen molar-refractivity contribution in [3.63, 3.8) is 0 Å². The monoisotopic (exact) mass is 461 g/mol. The van der Waals surface area contributed by atoms with E-state index in [1.165, 1.54) is 42.7 Å². The molecule has 2 heterocycles. The Bertz CT molecular complexity index is 1160. The molecule has 2 aromatic heterocycles. The van der Waals surface area contributed by atoms with Crippen molar-refractivity contribution in [2.75, 3.05) is 10.0 Å². The lowest BCUT2D eigenvalue weighted by Crippen LogP contribution is -2.32. The van der Waals surface area contributed by atoms with Gasteiger partial charge >= 0.3 is 5.97 Å². The molecule has 1 aromatic carbocycles. The average Bonchev–Trinajstić information content (AvgIpc) is 3.16. The highest BCUT2D eigenvalue weighted by atomic mass is 32.2. The van der Waals surface area contributed by atoms with Crippen molar-refractivity contribution in [1.29, 1.82) is 0 Å². The van der Waals surface area contributed by atoms with Crippen molar-refractivity contribution >= 4 is 44.1 Å². The third kappa shape index (κ3) is 5.83. The number of hydrogen-bond donors (Lipinski definition) is 2. The molecule has 0 aliphatic heterocycles. The first-order chi connectivity index (χ1) is 14.8. The van der Waals surface area contributed by atoms with Crippen LogP contribution in [0.25, 0.3) is 0 Å². The molecule has 0 aliphatic carbocycles. The van der Waals surface area contributed by atoms with Crippen LogP contribution in [0.15, 0.2) is 53.7 Å². The highest BCUT2D eigenvalue weighted by Crippen LogP contribution is 2.21. The second-order valence-corrected chi connectivity index (χ2v) is 9.15. The van der Waals surface area contributed by atoms with Crippen molar-refractivity contribution in [1.82, 2.24) is 15.2 Å². The molecule has 0 aliphatic rings. The molecule has 1 amide bonds. The molecule has 1 atom stereocenters. The minimum absolute atomic E-state index is 0.00611. The molecule has 3 aromatic rings. The Morgan fingerprint density at radius 1 is 1.16 bits per heavy atom. The third-order valence-corrected chi connectivity index (χ3v) is 6.23. The Balaban J connectivity index is 1.64. The maximum Gasteiger partial charge on any atom is 0.340 e. The van der Waals surface area contributed by atoms with Crippen molar-refractivity contribution in [3.8, 4) is 0 Å². The molecule has 0 spiro atoms. The number of esters is 1. The molecular weight excluding hydrogens is 442 g/mol. The van der Waals surface area contributed by atoms with Crippen molar-refractivity contribution in [2.24, 2.45) is 0 Å². The molecule has 162 valence electrons. The van der Waals surface area contributed by atoms with Gasteiger partial charge in [0.15, 0.2) is 6.10 Å². The Morgan fingerprint density at radius 2 is 1.90 bits per heavy atom. The van der Waals surface area contributed by atoms with Gasteiger partial charge in [-0.3, -0.25) is 14.5 Å². The second kappa shape index (κ2) is 9.62. The molecule has 0 bridgehead atoms. The lowest BCUT2D eigenvalue weighted by Gasteiger charge is -2.16. The second-order valence-electron chi connectivity index (χ2n) is 6.29. The van der Waals surface area contributed by atoms with Crippen LogP contribution in [0, 0.1) is 6.92 Å². The van der Waals surface area contributed by atoms with E-state index in [1.807, 2.05) is 0 Å². The van der Waals surface area contributed by atoms with Crippen molar-refractivity contribution < 1.29 is 22.7 Å². The van der Waals surface area contributed by atoms with E-state index in [1.54, 1.807) is 19.9 Å². The molecule has 0 fully saturated rings. The molecule has 2 N–H and O–H groups in total. The SMILES string of the molecule is CCC(OC(=O)c1cccnc1)C(=O)Nc1ccc(S(=O)(=O)Nc2nnc(C)s2)cc1. The van der Waals surface area contributed by atoms with Gasteiger partial charge in [-0.1, -0.05) is 18.3 Å². The Labute approximate surface area is 182 Å². The summed E-state index contributed by atoms with van der Waals surface area (Å²) >= 11 is 1.11. The first-order valence-corrected chi connectivity index (χ1v) is 11.4. The van der Waals surface area contributed by atoms with Gasteiger partial charge < -0.3 is 10.1 Å². The maximum absolute atomic E-state index is 12.5. The summed E-state index contributed by atoms with van der Waals surface area (Å²) < 4.78 is 32.5. The largest absolute Gasteiger partial charge is 0.449 e. The van der Waals surface area contributed by atoms with Crippen LogP contribution in [0.3, 0.4) is 0 Å². The highest BCUT2D eigenvalue weighted by molar-refractivity contribution is 7.93. The van der Waals surface area contributed by atoms with Crippen molar-refractivity contribution in [2.45, 2.75) is 31.3 Å². The number of hydrogen-bond acceptors (Lipinski definition) is 9. The first-order valence-electron chi connectivity index (χ1n) is 9.13. The molecule has 0 saturated heterocycles. The van der Waals surface area contributed by atoms with E-state index in [4.69, 9.17) is 4.74 Å². The minimum Gasteiger partial charge on any atom is -0.449 e. The Morgan fingerprint density at radius 3 is 2.48 bits per heavy atom. The summed E-state index contributed by atoms with van der Waals surface area (Å²) in [6.45, 7) is 3.42. The van der Waals surface area contributed by atoms with Crippen LogP contribution in [0.2, 0.25) is 0 Å². The van der Waals surface area contributed by atoms with Gasteiger partial charge in [0.1, 0.15) is 5.01 Å². The molecule has 0 saturated carbocycles. The quantitative estimate of drug-likeness (QED) is 0.488. The predicted octanol–water partition coefficient (Wildman–Crippen LogP) is 2.62. The zero-order valence-electron chi connectivity index (χ0n) is 16.6. The van der Waals surface area contributed by atoms with E-state index in [2.05, 4.69) is 25.2 Å². The van der Waals surface area contributed by atoms with Gasteiger partial charge in [-0.2, -0.15) is 0 Å². The minimum atomic E-state index is -3.84. The lowest BCUT2D eigenvalue weighted by molar-refractivity contribution is -0.124. The number of pyridine rings is 1. The van der Waals surface area contributed by atoms with Gasteiger partial charge in [-0.05, 0) is 49.7 Å². The zero-order chi connectivity index (χ0) is 22.4. The van der Waals surface area contributed by atoms with Crippen LogP contribution in [-0.2, 0) is 19.6 Å². The number of nitrogens with one attached hydrogen (secondary N) is 2. The van der Waals surface area contributed by atoms with Gasteiger partial charge in [0.05, 0.1) is 10.5 Å². The summed E-state index contributed by atoms with van der Waals surface area (Å²) in [4.78, 5) is 28.5. The van der Waals surface area contributed by atoms with Crippen LogP contribution in [0.4, 0.5) is 10.8 Å². The number of carbonyl (C=O) groups excluding carboxylic acids is 2. The van der Waals surface area contributed by atoms with E-state index in [0.29, 0.717) is 10.7 Å². The Kier molecular flexibility index (Phi) is 6.92. The maximum atomic E-state index is 12.5. The van der Waals surface area contributed by atoms with E-state index in [-0.39, 0.29) is 22.0 Å². The van der Waals surface area contributed by atoms with Gasteiger partial charge in [0.2, 0.25) is 5.13 Å². The fraction of sp³-hybridized carbons (Fsp3) is 0.211. The number of ether oxygens (including phenoxy) is 1. The Hall–Kier alpha value is -3.38. The molecule has 3 rings (SSSR count). The summed E-state index contributed by atoms with van der Waals surface area (Å²) in [7, 11) is -3.84. The number of aryl methyl sites for hydroxylation is 1. The first kappa shape index (κ1) is 22.3. The van der Waals surface area contributed by atoms with Crippen LogP contribution in [0.1, 0.15) is 28.7 Å². The number of sulfonamides is 1. The molecule has 10 nitrogen and oxygen atoms in total. The van der Waals surface area contributed by atoms with Crippen LogP contribution >= 0.6 is 11.3 Å². The normalized spacial score (nSPS) is 12.1. The molecule has 12 heteroatoms. The molecule has 1 unspecified atom stereocenters. The fourth-order valence-corrected chi connectivity index (χ4v) is 4.28. The third-order valence-electron chi connectivity index (χ3n) is 3.99. The molecule has 0 radical (unpaired) electrons. The number of carbonyl (C=O) groups is 2. The van der Waals surface area contributed by atoms with Gasteiger partial charge in [-0.25, -0.2) is 13.2 Å². The van der Waals surface area contributed by atoms with E-state index < -0.39 is 28.0 Å². The highest BCUT2D eigenvalue weighted by Gasteiger charge is 2.23. The summed E-state index contributed by atoms with van der Waals surface area (Å²) in [6.07, 6.45) is 2.12. The fourth-order valence-electron chi connectivity index (χ4n) is 2.45. The smallest absolute Gasteiger partial charge is 0.340 e. The number of aromatic nitrogens is 3. The van der Waals surface area contributed by atoms with E-state index >= 15 is 0 Å². The number of nitrogens with zero attached hydrogens (tertiary/aromatic N) is 3. The van der Waals surface area contributed by atoms with Crippen molar-refractivity contribution in [3.05, 3.63) is 59.4 Å². The zero-order valence-corrected chi connectivity index (χ0v) is 18.2. The van der Waals surface area contributed by atoms with Crippen LogP contribution in [-0.4, -0.2) is 41.6 Å². The summed E-state index contributed by atoms with van der Waals surface area (Å²) in [5.41, 5.74) is 0.591. The summed E-state index contributed by atoms with van der Waals surface area (Å²) in [6, 6.07) is 8.69. The summed E-state index contributed by atoms with van der Waals surface area (Å²) in [5.74, 6) is -1.19. The molecule has 31 heavy (non-hydrogen) atoms. The number of anilines is 2. The van der Waals surface area contributed by atoms with Gasteiger partial charge in [0.25, 0.3) is 15.9 Å².